The minimum atomic E-state index is -4.55. The van der Waals surface area contributed by atoms with Gasteiger partial charge in [-0.05, 0) is 24.6 Å². The number of benzene rings is 1. The Morgan fingerprint density at radius 1 is 1.39 bits per heavy atom. The molecule has 1 N–H and O–H groups in total. The third-order valence-corrected chi connectivity index (χ3v) is 3.13. The molecule has 0 aliphatic rings. The lowest BCUT2D eigenvalue weighted by Gasteiger charge is -2.12. The summed E-state index contributed by atoms with van der Waals surface area (Å²) in [4.78, 5) is 0. The normalized spacial score (nSPS) is 11.9. The van der Waals surface area contributed by atoms with Gasteiger partial charge in [0.2, 0.25) is 10.0 Å². The standard InChI is InChI=1S/C10H9F3N2O2S/c1-7-2-3-8(6-9(7)10(11,12)13)15-18(16,17)5-4-14/h2-3,6,15H,5H2,1H3. The highest BCUT2D eigenvalue weighted by Crippen LogP contribution is 2.33. The quantitative estimate of drug-likeness (QED) is 0.922. The Balaban J connectivity index is 3.12. The smallest absolute Gasteiger partial charge is 0.283 e. The summed E-state index contributed by atoms with van der Waals surface area (Å²) in [5, 5.41) is 8.26. The van der Waals surface area contributed by atoms with E-state index in [2.05, 4.69) is 0 Å². The molecule has 0 aliphatic carbocycles. The summed E-state index contributed by atoms with van der Waals surface area (Å²) in [5.41, 5.74) is -1.14. The molecule has 18 heavy (non-hydrogen) atoms. The van der Waals surface area contributed by atoms with E-state index in [9.17, 15) is 21.6 Å². The number of nitrogens with zero attached hydrogens (tertiary/aromatic N) is 1. The summed E-state index contributed by atoms with van der Waals surface area (Å²) in [7, 11) is -3.94. The molecule has 0 aromatic heterocycles. The van der Waals surface area contributed by atoms with Crippen molar-refractivity contribution in [2.75, 3.05) is 10.5 Å². The number of hydrogen-bond donors (Lipinski definition) is 1. The van der Waals surface area contributed by atoms with Gasteiger partial charge in [0.1, 0.15) is 0 Å². The van der Waals surface area contributed by atoms with Gasteiger partial charge in [0.15, 0.2) is 5.75 Å². The fraction of sp³-hybridized carbons (Fsp3) is 0.300. The van der Waals surface area contributed by atoms with E-state index in [4.69, 9.17) is 5.26 Å². The van der Waals surface area contributed by atoms with Crippen LogP contribution in [-0.4, -0.2) is 14.2 Å². The molecule has 0 amide bonds. The van der Waals surface area contributed by atoms with Gasteiger partial charge < -0.3 is 0 Å². The molecule has 1 aromatic rings. The van der Waals surface area contributed by atoms with E-state index in [0.29, 0.717) is 6.07 Å². The van der Waals surface area contributed by atoms with Gasteiger partial charge >= 0.3 is 6.18 Å². The molecule has 0 atom stereocenters. The molecule has 0 aliphatic heterocycles. The van der Waals surface area contributed by atoms with E-state index < -0.39 is 27.5 Å². The van der Waals surface area contributed by atoms with Crippen LogP contribution in [0.5, 0.6) is 0 Å². The molecule has 0 saturated heterocycles. The molecule has 98 valence electrons. The average Bonchev–Trinajstić information content (AvgIpc) is 2.18. The van der Waals surface area contributed by atoms with Crippen molar-refractivity contribution in [2.45, 2.75) is 13.1 Å². The van der Waals surface area contributed by atoms with Crippen LogP contribution in [0.3, 0.4) is 0 Å². The van der Waals surface area contributed by atoms with Crippen molar-refractivity contribution in [2.24, 2.45) is 0 Å². The van der Waals surface area contributed by atoms with E-state index >= 15 is 0 Å². The summed E-state index contributed by atoms with van der Waals surface area (Å²) in [6, 6.07) is 4.48. The van der Waals surface area contributed by atoms with Crippen molar-refractivity contribution in [3.63, 3.8) is 0 Å². The topological polar surface area (TPSA) is 70.0 Å². The number of rotatable bonds is 3. The highest BCUT2D eigenvalue weighted by Gasteiger charge is 2.32. The molecule has 1 aromatic carbocycles. The molecular weight excluding hydrogens is 269 g/mol. The van der Waals surface area contributed by atoms with E-state index in [-0.39, 0.29) is 11.3 Å². The van der Waals surface area contributed by atoms with E-state index in [1.807, 2.05) is 4.72 Å². The Morgan fingerprint density at radius 3 is 2.50 bits per heavy atom. The molecule has 0 heterocycles. The predicted octanol–water partition coefficient (Wildman–Crippen LogP) is 2.28. The molecule has 4 nitrogen and oxygen atoms in total. The first-order valence-electron chi connectivity index (χ1n) is 4.71. The zero-order valence-electron chi connectivity index (χ0n) is 9.25. The number of nitriles is 1. The monoisotopic (exact) mass is 278 g/mol. The van der Waals surface area contributed by atoms with Gasteiger partial charge in [-0.15, -0.1) is 0 Å². The van der Waals surface area contributed by atoms with Crippen LogP contribution in [-0.2, 0) is 16.2 Å². The second-order valence-electron chi connectivity index (χ2n) is 3.55. The minimum Gasteiger partial charge on any atom is -0.283 e. The predicted molar refractivity (Wildman–Crippen MR) is 59.2 cm³/mol. The number of aryl methyl sites for hydroxylation is 1. The summed E-state index contributed by atoms with van der Waals surface area (Å²) in [6.45, 7) is 1.27. The second-order valence-corrected chi connectivity index (χ2v) is 5.27. The second kappa shape index (κ2) is 4.86. The molecule has 1 rings (SSSR count). The fourth-order valence-electron chi connectivity index (χ4n) is 1.29. The molecule has 0 radical (unpaired) electrons. The Bertz CT molecular complexity index is 588. The van der Waals surface area contributed by atoms with E-state index in [1.165, 1.54) is 19.1 Å². The van der Waals surface area contributed by atoms with Gasteiger partial charge in [0, 0.05) is 5.69 Å². The first-order chi connectivity index (χ1) is 8.15. The molecule has 0 unspecified atom stereocenters. The minimum absolute atomic E-state index is 0.00858. The Hall–Kier alpha value is -1.75. The van der Waals surface area contributed by atoms with Gasteiger partial charge in [-0.25, -0.2) is 8.42 Å². The Morgan fingerprint density at radius 2 is 2.00 bits per heavy atom. The molecule has 8 heteroatoms. The highest BCUT2D eigenvalue weighted by atomic mass is 32.2. The Kier molecular flexibility index (Phi) is 3.86. The van der Waals surface area contributed by atoms with Crippen molar-refractivity contribution >= 4 is 15.7 Å². The van der Waals surface area contributed by atoms with E-state index in [1.54, 1.807) is 0 Å². The zero-order valence-corrected chi connectivity index (χ0v) is 10.1. The van der Waals surface area contributed by atoms with Gasteiger partial charge in [-0.1, -0.05) is 6.07 Å². The molecule has 0 saturated carbocycles. The average molecular weight is 278 g/mol. The van der Waals surface area contributed by atoms with Crippen molar-refractivity contribution in [1.82, 2.24) is 0 Å². The largest absolute Gasteiger partial charge is 0.416 e. The number of alkyl halides is 3. The van der Waals surface area contributed by atoms with Crippen molar-refractivity contribution in [3.05, 3.63) is 29.3 Å². The van der Waals surface area contributed by atoms with Crippen LogP contribution >= 0.6 is 0 Å². The number of anilines is 1. The van der Waals surface area contributed by atoms with E-state index in [0.717, 1.165) is 6.07 Å². The first kappa shape index (κ1) is 14.3. The van der Waals surface area contributed by atoms with Gasteiger partial charge in [0.25, 0.3) is 0 Å². The fourth-order valence-corrected chi connectivity index (χ4v) is 2.02. The maximum Gasteiger partial charge on any atom is 0.416 e. The van der Waals surface area contributed by atoms with Crippen LogP contribution in [0.4, 0.5) is 18.9 Å². The molecule has 0 spiro atoms. The van der Waals surface area contributed by atoms with Crippen LogP contribution in [0, 0.1) is 18.3 Å². The SMILES string of the molecule is Cc1ccc(NS(=O)(=O)CC#N)cc1C(F)(F)F. The molecular formula is C10H9F3N2O2S. The van der Waals surface area contributed by atoms with Crippen LogP contribution in [0.25, 0.3) is 0 Å². The lowest BCUT2D eigenvalue weighted by atomic mass is 10.1. The number of hydrogen-bond acceptors (Lipinski definition) is 3. The highest BCUT2D eigenvalue weighted by molar-refractivity contribution is 7.92. The third-order valence-electron chi connectivity index (χ3n) is 2.07. The number of sulfonamides is 1. The van der Waals surface area contributed by atoms with Crippen molar-refractivity contribution in [3.8, 4) is 6.07 Å². The summed E-state index contributed by atoms with van der Waals surface area (Å²) >= 11 is 0. The molecule has 0 fully saturated rings. The van der Waals surface area contributed by atoms with Gasteiger partial charge in [-0.3, -0.25) is 4.72 Å². The van der Waals surface area contributed by atoms with Gasteiger partial charge in [0.05, 0.1) is 11.6 Å². The van der Waals surface area contributed by atoms with Crippen molar-refractivity contribution in [1.29, 1.82) is 5.26 Å². The number of nitrogens with one attached hydrogen (secondary N) is 1. The van der Waals surface area contributed by atoms with Crippen LogP contribution < -0.4 is 4.72 Å². The zero-order chi connectivity index (χ0) is 14.0. The summed E-state index contributed by atoms with van der Waals surface area (Å²) < 4.78 is 62.1. The third kappa shape index (κ3) is 3.63. The number of halogens is 3. The maximum absolute atomic E-state index is 12.6. The lowest BCUT2D eigenvalue weighted by molar-refractivity contribution is -0.138. The van der Waals surface area contributed by atoms with Crippen LogP contribution in [0.2, 0.25) is 0 Å². The Labute approximate surface area is 102 Å². The lowest BCUT2D eigenvalue weighted by Crippen LogP contribution is -2.16. The summed E-state index contributed by atoms with van der Waals surface area (Å²) in [5.74, 6) is -0.817. The van der Waals surface area contributed by atoms with Crippen molar-refractivity contribution < 1.29 is 21.6 Å². The first-order valence-corrected chi connectivity index (χ1v) is 6.36. The van der Waals surface area contributed by atoms with Gasteiger partial charge in [-0.2, -0.15) is 18.4 Å². The maximum atomic E-state index is 12.6. The van der Waals surface area contributed by atoms with Crippen LogP contribution in [0.1, 0.15) is 11.1 Å². The molecule has 0 bridgehead atoms. The van der Waals surface area contributed by atoms with Crippen LogP contribution in [0.15, 0.2) is 18.2 Å². The summed E-state index contributed by atoms with van der Waals surface area (Å²) in [6.07, 6.45) is -4.55.